The summed E-state index contributed by atoms with van der Waals surface area (Å²) in [6.45, 7) is 21.6. The van der Waals surface area contributed by atoms with Crippen LogP contribution in [0.5, 0.6) is 0 Å². The number of nitrogens with zero attached hydrogens (tertiary/aromatic N) is 2. The number of hydrogen-bond acceptors (Lipinski definition) is 1. The molecule has 2 heterocycles. The Morgan fingerprint density at radius 2 is 1.63 bits per heavy atom. The van der Waals surface area contributed by atoms with Crippen LogP contribution < -0.4 is 20.9 Å². The van der Waals surface area contributed by atoms with E-state index >= 15 is 0 Å². The van der Waals surface area contributed by atoms with Gasteiger partial charge in [-0.1, -0.05) is 150 Å². The Bertz CT molecular complexity index is 2490. The Labute approximate surface area is 309 Å². The number of fused-ring (bicyclic) bond motifs is 2. The van der Waals surface area contributed by atoms with E-state index in [2.05, 4.69) is 184 Å². The summed E-state index contributed by atoms with van der Waals surface area (Å²) < 4.78 is 2.33. The van der Waals surface area contributed by atoms with Gasteiger partial charge in [0.05, 0.1) is 16.9 Å². The summed E-state index contributed by atoms with van der Waals surface area (Å²) in [6, 6.07) is 21.8. The van der Waals surface area contributed by atoms with Gasteiger partial charge in [0.15, 0.2) is 0 Å². The minimum Gasteiger partial charge on any atom is -0.309 e. The Morgan fingerprint density at radius 1 is 0.846 bits per heavy atom. The van der Waals surface area contributed by atoms with Gasteiger partial charge in [-0.25, -0.2) is 0 Å². The molecule has 2 aliphatic rings. The first-order chi connectivity index (χ1) is 25.2. The van der Waals surface area contributed by atoms with Crippen LogP contribution in [0.3, 0.4) is 0 Å². The molecule has 0 unspecified atom stereocenters. The van der Waals surface area contributed by atoms with Gasteiger partial charge in [0.25, 0.3) is 0 Å². The molecule has 2 nitrogen and oxygen atoms in total. The lowest BCUT2D eigenvalue weighted by atomic mass is 9.86. The van der Waals surface area contributed by atoms with Crippen molar-refractivity contribution in [2.75, 3.05) is 0 Å². The predicted octanol–water partition coefficient (Wildman–Crippen LogP) is 10.3. The Balaban J connectivity index is 1.55. The quantitative estimate of drug-likeness (QED) is 0.149. The van der Waals surface area contributed by atoms with Crippen molar-refractivity contribution in [1.29, 1.82) is 0 Å². The van der Waals surface area contributed by atoms with Crippen LogP contribution >= 0.6 is 0 Å². The van der Waals surface area contributed by atoms with E-state index in [9.17, 15) is 0 Å². The first-order valence-corrected chi connectivity index (χ1v) is 18.4. The van der Waals surface area contributed by atoms with Gasteiger partial charge < -0.3 is 4.57 Å². The normalized spacial score (nSPS) is 15.9. The molecule has 0 amide bonds. The average Bonchev–Trinajstić information content (AvgIpc) is 3.47. The van der Waals surface area contributed by atoms with Crippen molar-refractivity contribution in [3.63, 3.8) is 0 Å². The molecule has 0 fully saturated rings. The Morgan fingerprint density at radius 3 is 2.37 bits per heavy atom. The maximum absolute atomic E-state index is 4.56. The van der Waals surface area contributed by atoms with E-state index in [1.807, 2.05) is 18.4 Å². The van der Waals surface area contributed by atoms with E-state index in [4.69, 9.17) is 0 Å². The summed E-state index contributed by atoms with van der Waals surface area (Å²) in [4.78, 5) is 4.56. The molecule has 0 atom stereocenters. The lowest BCUT2D eigenvalue weighted by Gasteiger charge is -2.18. The molecule has 0 radical (unpaired) electrons. The van der Waals surface area contributed by atoms with Crippen LogP contribution in [-0.4, -0.2) is 10.8 Å². The number of para-hydroxylation sites is 1. The molecule has 1 aliphatic heterocycles. The van der Waals surface area contributed by atoms with Gasteiger partial charge in [-0.3, -0.25) is 4.99 Å². The molecule has 0 N–H and O–H groups in total. The van der Waals surface area contributed by atoms with Gasteiger partial charge in [0.2, 0.25) is 0 Å². The van der Waals surface area contributed by atoms with Gasteiger partial charge in [-0.2, -0.15) is 0 Å². The molecule has 1 aromatic heterocycles. The molecule has 52 heavy (non-hydrogen) atoms. The second-order valence-corrected chi connectivity index (χ2v) is 14.3. The van der Waals surface area contributed by atoms with Gasteiger partial charge in [-0.05, 0) is 112 Å². The van der Waals surface area contributed by atoms with Crippen molar-refractivity contribution < 1.29 is 0 Å². The van der Waals surface area contributed by atoms with Gasteiger partial charge in [-0.15, -0.1) is 0 Å². The minimum atomic E-state index is -0.00478. The molecular weight excluding hydrogens is 629 g/mol. The highest BCUT2D eigenvalue weighted by Crippen LogP contribution is 2.32. The van der Waals surface area contributed by atoms with Crippen LogP contribution in [0.4, 0.5) is 0 Å². The van der Waals surface area contributed by atoms with Crippen molar-refractivity contribution in [2.24, 2.45) is 10.4 Å². The maximum atomic E-state index is 4.56. The average molecular weight is 679 g/mol. The zero-order chi connectivity index (χ0) is 36.7. The molecule has 0 bridgehead atoms. The third-order valence-electron chi connectivity index (χ3n) is 9.78. The first-order valence-electron chi connectivity index (χ1n) is 18.4. The highest BCUT2D eigenvalue weighted by Gasteiger charge is 2.15. The zero-order valence-corrected chi connectivity index (χ0v) is 31.2. The Hall–Kier alpha value is -5.73. The zero-order valence-electron chi connectivity index (χ0n) is 31.2. The fraction of sp³-hybridized carbons (Fsp3) is 0.180. The summed E-state index contributed by atoms with van der Waals surface area (Å²) >= 11 is 0. The molecule has 3 aromatic carbocycles. The lowest BCUT2D eigenvalue weighted by Crippen LogP contribution is -2.49. The fourth-order valence-corrected chi connectivity index (χ4v) is 6.87. The molecule has 260 valence electrons. The molecule has 2 heteroatoms. The summed E-state index contributed by atoms with van der Waals surface area (Å²) in [5.74, 6) is 0. The van der Waals surface area contributed by atoms with Gasteiger partial charge >= 0.3 is 0 Å². The largest absolute Gasteiger partial charge is 0.309 e. The third-order valence-corrected chi connectivity index (χ3v) is 9.78. The van der Waals surface area contributed by atoms with E-state index in [1.165, 1.54) is 26.3 Å². The molecule has 6 rings (SSSR count). The van der Waals surface area contributed by atoms with Crippen LogP contribution in [0.2, 0.25) is 0 Å². The van der Waals surface area contributed by atoms with Crippen molar-refractivity contribution in [3.8, 4) is 5.69 Å². The summed E-state index contributed by atoms with van der Waals surface area (Å²) in [7, 11) is 0. The van der Waals surface area contributed by atoms with E-state index in [0.717, 1.165) is 76.1 Å². The summed E-state index contributed by atoms with van der Waals surface area (Å²) in [6.07, 6.45) is 34.3. The van der Waals surface area contributed by atoms with Crippen LogP contribution in [0, 0.1) is 5.41 Å². The van der Waals surface area contributed by atoms with Crippen molar-refractivity contribution in [3.05, 3.63) is 177 Å². The second-order valence-electron chi connectivity index (χ2n) is 14.3. The van der Waals surface area contributed by atoms with Crippen molar-refractivity contribution in [1.82, 2.24) is 4.57 Å². The molecule has 0 spiro atoms. The molecule has 4 aromatic rings. The molecular formula is C50H50N2. The van der Waals surface area contributed by atoms with Gasteiger partial charge in [0.1, 0.15) is 0 Å². The van der Waals surface area contributed by atoms with Crippen LogP contribution in [0.1, 0.15) is 70.2 Å². The number of allylic oxidation sites excluding steroid dienone is 9. The number of aliphatic imine (C=N–C) groups is 1. The van der Waals surface area contributed by atoms with Crippen molar-refractivity contribution >= 4 is 59.1 Å². The molecule has 1 aliphatic carbocycles. The fourth-order valence-electron chi connectivity index (χ4n) is 6.87. The van der Waals surface area contributed by atoms with E-state index in [0.29, 0.717) is 0 Å². The highest BCUT2D eigenvalue weighted by molar-refractivity contribution is 5.95. The van der Waals surface area contributed by atoms with Crippen LogP contribution in [0.25, 0.3) is 58.6 Å². The summed E-state index contributed by atoms with van der Waals surface area (Å²) in [5, 5.41) is 6.13. The van der Waals surface area contributed by atoms with Gasteiger partial charge in [0, 0.05) is 22.9 Å². The van der Waals surface area contributed by atoms with E-state index in [-0.39, 0.29) is 5.41 Å². The SMILES string of the molecule is C=CC(=C\C=C\C1=CCCC=N1)/C(/C=C/c1cccc(-n2c(/C=C\C)c(C=C)c3ccccc32)c1)=c1\cc/c(=C/C(=C)C(C)(C)C)c2c1=CCCC=2. The number of rotatable bonds is 10. The monoisotopic (exact) mass is 678 g/mol. The topological polar surface area (TPSA) is 17.3 Å². The van der Waals surface area contributed by atoms with Crippen LogP contribution in [0.15, 0.2) is 145 Å². The summed E-state index contributed by atoms with van der Waals surface area (Å²) in [5.41, 5.74) is 9.90. The predicted molar refractivity (Wildman–Crippen MR) is 230 cm³/mol. The third kappa shape index (κ3) is 7.77. The minimum absolute atomic E-state index is 0.00478. The van der Waals surface area contributed by atoms with E-state index < -0.39 is 0 Å². The Kier molecular flexibility index (Phi) is 11.2. The lowest BCUT2D eigenvalue weighted by molar-refractivity contribution is 0.525. The second kappa shape index (κ2) is 16.1. The smallest absolute Gasteiger partial charge is 0.0585 e. The number of benzene rings is 3. The molecule has 0 saturated heterocycles. The van der Waals surface area contributed by atoms with E-state index in [1.54, 1.807) is 0 Å². The number of aromatic nitrogens is 1. The van der Waals surface area contributed by atoms with Crippen molar-refractivity contribution in [2.45, 2.75) is 53.4 Å². The van der Waals surface area contributed by atoms with Crippen LogP contribution in [-0.2, 0) is 0 Å². The molecule has 0 saturated carbocycles. The highest BCUT2D eigenvalue weighted by atomic mass is 15.0. The first kappa shape index (κ1) is 36.1. The standard InChI is InChI=1S/C50H50N2/c1-8-19-48-42(10-3)47-27-13-14-28-49(47)52(48)41-24-17-20-37(35-41)29-31-44(38(9-2)21-18-23-40-22-15-16-33-51-40)46-32-30-39(34-36(4)50(5,6)7)43-25-11-12-26-45(43)46/h8-10,13-14,17-35H,2-4,11-12,15-16H2,1,5-7H3/b19-8-,23-18+,31-29+,38-21+,39-34-,46-44+. The maximum Gasteiger partial charge on any atom is 0.0585 e. The number of hydrogen-bond donors (Lipinski definition) is 0.